The standard InChI is InChI=1S/C14H19NO2S/c1-18-13-4-2-11(3-5-13)8-14(16)15-9-12-6-7-17-10-12/h2-5,12H,6-10H2,1H3,(H,15,16)/t12-/m0/s1. The molecule has 1 saturated heterocycles. The molecular weight excluding hydrogens is 246 g/mol. The lowest BCUT2D eigenvalue weighted by Gasteiger charge is -2.09. The average Bonchev–Trinajstić information content (AvgIpc) is 2.90. The number of nitrogens with one attached hydrogen (secondary N) is 1. The van der Waals surface area contributed by atoms with E-state index in [2.05, 4.69) is 17.4 Å². The van der Waals surface area contributed by atoms with Crippen molar-refractivity contribution in [2.75, 3.05) is 26.0 Å². The summed E-state index contributed by atoms with van der Waals surface area (Å²) in [6.07, 6.45) is 3.57. The summed E-state index contributed by atoms with van der Waals surface area (Å²) in [5.41, 5.74) is 1.06. The Bertz CT molecular complexity index is 385. The van der Waals surface area contributed by atoms with E-state index in [1.54, 1.807) is 11.8 Å². The Balaban J connectivity index is 1.75. The molecule has 4 heteroatoms. The van der Waals surface area contributed by atoms with Crippen molar-refractivity contribution in [3.63, 3.8) is 0 Å². The first kappa shape index (κ1) is 13.4. The Kier molecular flexibility index (Phi) is 5.08. The van der Waals surface area contributed by atoms with Crippen molar-refractivity contribution < 1.29 is 9.53 Å². The maximum Gasteiger partial charge on any atom is 0.224 e. The van der Waals surface area contributed by atoms with E-state index in [1.165, 1.54) is 4.90 Å². The van der Waals surface area contributed by atoms with E-state index in [4.69, 9.17) is 4.74 Å². The maximum absolute atomic E-state index is 11.8. The van der Waals surface area contributed by atoms with Gasteiger partial charge in [0.1, 0.15) is 0 Å². The number of ether oxygens (including phenoxy) is 1. The van der Waals surface area contributed by atoms with Gasteiger partial charge >= 0.3 is 0 Å². The number of amides is 1. The van der Waals surface area contributed by atoms with Gasteiger partial charge in [-0.3, -0.25) is 4.79 Å². The van der Waals surface area contributed by atoms with E-state index >= 15 is 0 Å². The number of rotatable bonds is 5. The Morgan fingerprint density at radius 1 is 1.44 bits per heavy atom. The first-order valence-electron chi connectivity index (χ1n) is 6.25. The van der Waals surface area contributed by atoms with Crippen LogP contribution < -0.4 is 5.32 Å². The largest absolute Gasteiger partial charge is 0.381 e. The van der Waals surface area contributed by atoms with Gasteiger partial charge in [0.2, 0.25) is 5.91 Å². The number of carbonyl (C=O) groups is 1. The zero-order chi connectivity index (χ0) is 12.8. The average molecular weight is 265 g/mol. The molecule has 0 radical (unpaired) electrons. The van der Waals surface area contributed by atoms with Crippen LogP contribution in [0.4, 0.5) is 0 Å². The minimum atomic E-state index is 0.0961. The first-order valence-corrected chi connectivity index (χ1v) is 7.48. The van der Waals surface area contributed by atoms with Crippen LogP contribution in [-0.4, -0.2) is 31.9 Å². The van der Waals surface area contributed by atoms with Gasteiger partial charge in [-0.15, -0.1) is 11.8 Å². The topological polar surface area (TPSA) is 38.3 Å². The molecule has 0 aliphatic carbocycles. The van der Waals surface area contributed by atoms with Crippen LogP contribution in [-0.2, 0) is 16.0 Å². The zero-order valence-electron chi connectivity index (χ0n) is 10.6. The van der Waals surface area contributed by atoms with Crippen molar-refractivity contribution in [3.8, 4) is 0 Å². The van der Waals surface area contributed by atoms with E-state index < -0.39 is 0 Å². The molecule has 1 aliphatic rings. The minimum Gasteiger partial charge on any atom is -0.381 e. The lowest BCUT2D eigenvalue weighted by Crippen LogP contribution is -2.30. The van der Waals surface area contributed by atoms with Gasteiger partial charge in [-0.05, 0) is 30.4 Å². The summed E-state index contributed by atoms with van der Waals surface area (Å²) in [6, 6.07) is 8.14. The lowest BCUT2D eigenvalue weighted by molar-refractivity contribution is -0.120. The van der Waals surface area contributed by atoms with Gasteiger partial charge in [0, 0.05) is 24.0 Å². The van der Waals surface area contributed by atoms with Gasteiger partial charge in [-0.2, -0.15) is 0 Å². The van der Waals surface area contributed by atoms with Crippen molar-refractivity contribution >= 4 is 17.7 Å². The molecule has 98 valence electrons. The SMILES string of the molecule is CSc1ccc(CC(=O)NC[C@@H]2CCOC2)cc1. The molecule has 0 saturated carbocycles. The second kappa shape index (κ2) is 6.81. The zero-order valence-corrected chi connectivity index (χ0v) is 11.5. The number of hydrogen-bond acceptors (Lipinski definition) is 3. The summed E-state index contributed by atoms with van der Waals surface area (Å²) in [5, 5.41) is 2.98. The van der Waals surface area contributed by atoms with Crippen LogP contribution in [0.3, 0.4) is 0 Å². The number of benzene rings is 1. The van der Waals surface area contributed by atoms with Crippen molar-refractivity contribution in [1.29, 1.82) is 0 Å². The molecule has 1 aliphatic heterocycles. The van der Waals surface area contributed by atoms with Gasteiger partial charge in [0.05, 0.1) is 13.0 Å². The van der Waals surface area contributed by atoms with E-state index in [0.717, 1.165) is 31.7 Å². The van der Waals surface area contributed by atoms with Gasteiger partial charge in [-0.25, -0.2) is 0 Å². The van der Waals surface area contributed by atoms with Crippen molar-refractivity contribution in [3.05, 3.63) is 29.8 Å². The molecule has 18 heavy (non-hydrogen) atoms. The quantitative estimate of drug-likeness (QED) is 0.829. The summed E-state index contributed by atoms with van der Waals surface area (Å²) < 4.78 is 5.28. The van der Waals surface area contributed by atoms with Gasteiger partial charge < -0.3 is 10.1 Å². The molecular formula is C14H19NO2S. The Morgan fingerprint density at radius 3 is 2.83 bits per heavy atom. The Hall–Kier alpha value is -1.00. The lowest BCUT2D eigenvalue weighted by atomic mass is 10.1. The van der Waals surface area contributed by atoms with Crippen LogP contribution in [0.1, 0.15) is 12.0 Å². The third-order valence-electron chi connectivity index (χ3n) is 3.14. The molecule has 1 aromatic carbocycles. The molecule has 0 bridgehead atoms. The van der Waals surface area contributed by atoms with Crippen LogP contribution in [0.25, 0.3) is 0 Å². The second-order valence-electron chi connectivity index (χ2n) is 4.56. The monoisotopic (exact) mass is 265 g/mol. The van der Waals surface area contributed by atoms with Gasteiger partial charge in [-0.1, -0.05) is 12.1 Å². The highest BCUT2D eigenvalue weighted by molar-refractivity contribution is 7.98. The highest BCUT2D eigenvalue weighted by Crippen LogP contribution is 2.15. The summed E-state index contributed by atoms with van der Waals surface area (Å²) in [6.45, 7) is 2.35. The molecule has 0 unspecified atom stereocenters. The van der Waals surface area contributed by atoms with E-state index in [1.807, 2.05) is 18.4 Å². The summed E-state index contributed by atoms with van der Waals surface area (Å²) in [4.78, 5) is 13.0. The predicted molar refractivity (Wildman–Crippen MR) is 73.9 cm³/mol. The fourth-order valence-electron chi connectivity index (χ4n) is 1.99. The minimum absolute atomic E-state index is 0.0961. The molecule has 0 spiro atoms. The van der Waals surface area contributed by atoms with Crippen LogP contribution in [0, 0.1) is 5.92 Å². The maximum atomic E-state index is 11.8. The number of thioether (sulfide) groups is 1. The number of carbonyl (C=O) groups excluding carboxylic acids is 1. The van der Waals surface area contributed by atoms with Crippen LogP contribution in [0.2, 0.25) is 0 Å². The van der Waals surface area contributed by atoms with Crippen LogP contribution in [0.15, 0.2) is 29.2 Å². The molecule has 3 nitrogen and oxygen atoms in total. The highest BCUT2D eigenvalue weighted by atomic mass is 32.2. The van der Waals surface area contributed by atoms with E-state index in [-0.39, 0.29) is 5.91 Å². The van der Waals surface area contributed by atoms with E-state index in [0.29, 0.717) is 12.3 Å². The molecule has 2 rings (SSSR count). The van der Waals surface area contributed by atoms with Gasteiger partial charge in [0.15, 0.2) is 0 Å². The van der Waals surface area contributed by atoms with Crippen LogP contribution >= 0.6 is 11.8 Å². The van der Waals surface area contributed by atoms with Crippen LogP contribution in [0.5, 0.6) is 0 Å². The Labute approximate surface area is 112 Å². The molecule has 1 N–H and O–H groups in total. The molecule has 1 atom stereocenters. The second-order valence-corrected chi connectivity index (χ2v) is 5.44. The summed E-state index contributed by atoms with van der Waals surface area (Å²) >= 11 is 1.71. The third-order valence-corrected chi connectivity index (χ3v) is 3.88. The van der Waals surface area contributed by atoms with Crippen molar-refractivity contribution in [2.24, 2.45) is 5.92 Å². The highest BCUT2D eigenvalue weighted by Gasteiger charge is 2.16. The fourth-order valence-corrected chi connectivity index (χ4v) is 2.40. The summed E-state index contributed by atoms with van der Waals surface area (Å²) in [7, 11) is 0. The fraction of sp³-hybridized carbons (Fsp3) is 0.500. The van der Waals surface area contributed by atoms with E-state index in [9.17, 15) is 4.79 Å². The smallest absolute Gasteiger partial charge is 0.224 e. The third kappa shape index (κ3) is 4.03. The molecule has 1 aromatic rings. The van der Waals surface area contributed by atoms with Gasteiger partial charge in [0.25, 0.3) is 0 Å². The predicted octanol–water partition coefficient (Wildman–Crippen LogP) is 2.10. The van der Waals surface area contributed by atoms with Crippen molar-refractivity contribution in [2.45, 2.75) is 17.7 Å². The first-order chi connectivity index (χ1) is 8.78. The summed E-state index contributed by atoms with van der Waals surface area (Å²) in [5.74, 6) is 0.589. The Morgan fingerprint density at radius 2 is 2.22 bits per heavy atom. The molecule has 1 amide bonds. The molecule has 0 aromatic heterocycles. The normalized spacial score (nSPS) is 18.8. The molecule has 1 heterocycles. The number of hydrogen-bond donors (Lipinski definition) is 1. The van der Waals surface area contributed by atoms with Crippen molar-refractivity contribution in [1.82, 2.24) is 5.32 Å². The molecule has 1 fully saturated rings.